The molecular formula is C30H33OSi. The highest BCUT2D eigenvalue weighted by molar-refractivity contribution is 6.49. The molecule has 0 N–H and O–H groups in total. The molecule has 0 unspecified atom stereocenters. The molecule has 0 saturated carbocycles. The molecule has 2 heteroatoms. The summed E-state index contributed by atoms with van der Waals surface area (Å²) in [5.74, 6) is 1.07. The van der Waals surface area contributed by atoms with E-state index in [1.165, 1.54) is 44.5 Å². The zero-order chi connectivity index (χ0) is 22.9. The molecule has 0 saturated heterocycles. The Hall–Kier alpha value is -2.84. The van der Waals surface area contributed by atoms with E-state index in [4.69, 9.17) is 4.43 Å². The van der Waals surface area contributed by atoms with Crippen molar-refractivity contribution in [3.8, 4) is 5.75 Å². The maximum atomic E-state index is 6.76. The van der Waals surface area contributed by atoms with Gasteiger partial charge >= 0.3 is 0 Å². The van der Waals surface area contributed by atoms with E-state index in [1.54, 1.807) is 0 Å². The van der Waals surface area contributed by atoms with Crippen LogP contribution in [0.15, 0.2) is 84.5 Å². The molecule has 1 nitrogen and oxygen atoms in total. The topological polar surface area (TPSA) is 9.23 Å². The van der Waals surface area contributed by atoms with Crippen LogP contribution in [0.5, 0.6) is 5.75 Å². The van der Waals surface area contributed by atoms with E-state index >= 15 is 0 Å². The monoisotopic (exact) mass is 437 g/mol. The average Bonchev–Trinajstić information content (AvgIpc) is 3.35. The summed E-state index contributed by atoms with van der Waals surface area (Å²) in [5.41, 5.74) is 10.1. The third-order valence-electron chi connectivity index (χ3n) is 6.98. The lowest BCUT2D eigenvalue weighted by atomic mass is 9.62. The molecule has 3 aromatic carbocycles. The number of hydrogen-bond donors (Lipinski definition) is 0. The Kier molecular flexibility index (Phi) is 6.26. The van der Waals surface area contributed by atoms with E-state index in [0.29, 0.717) is 0 Å². The molecule has 0 bridgehead atoms. The molecule has 32 heavy (non-hydrogen) atoms. The minimum Gasteiger partial charge on any atom is -0.542 e. The predicted octanol–water partition coefficient (Wildman–Crippen LogP) is 7.77. The molecule has 0 aromatic heterocycles. The fourth-order valence-corrected chi connectivity index (χ4v) is 5.81. The van der Waals surface area contributed by atoms with Crippen molar-refractivity contribution in [2.24, 2.45) is 0 Å². The quantitative estimate of drug-likeness (QED) is 0.283. The van der Waals surface area contributed by atoms with Crippen molar-refractivity contribution < 1.29 is 4.43 Å². The first-order valence-corrected chi connectivity index (χ1v) is 13.9. The predicted molar refractivity (Wildman–Crippen MR) is 138 cm³/mol. The minimum atomic E-state index is -0.957. The Bertz CT molecular complexity index is 1130. The van der Waals surface area contributed by atoms with Crippen LogP contribution < -0.4 is 4.43 Å². The summed E-state index contributed by atoms with van der Waals surface area (Å²) < 4.78 is 6.76. The first kappa shape index (κ1) is 22.4. The van der Waals surface area contributed by atoms with Crippen molar-refractivity contribution in [3.63, 3.8) is 0 Å². The van der Waals surface area contributed by atoms with Gasteiger partial charge in [0.05, 0.1) is 5.41 Å². The lowest BCUT2D eigenvalue weighted by Gasteiger charge is -2.41. The van der Waals surface area contributed by atoms with Gasteiger partial charge in [0.1, 0.15) is 5.75 Å². The molecule has 0 heterocycles. The first-order chi connectivity index (χ1) is 15.4. The van der Waals surface area contributed by atoms with Crippen LogP contribution in [0.25, 0.3) is 0 Å². The molecule has 0 amide bonds. The number of hydrogen-bond acceptors (Lipinski definition) is 1. The standard InChI is InChI=1S/C30H33OSi/c1-21-22(2)24(4)29(31-32(5)6)28(23(21)3)30(27-19-13-14-20-27,25-15-9-7-10-16-25)26-17-11-8-12-18-26/h7-19H,20H2,1-6H3. The van der Waals surface area contributed by atoms with Gasteiger partial charge in [-0.25, -0.2) is 0 Å². The lowest BCUT2D eigenvalue weighted by Crippen LogP contribution is -2.34. The van der Waals surface area contributed by atoms with Gasteiger partial charge in [0.15, 0.2) is 0 Å². The second-order valence-electron chi connectivity index (χ2n) is 9.02. The van der Waals surface area contributed by atoms with E-state index in [2.05, 4.69) is 120 Å². The van der Waals surface area contributed by atoms with Crippen molar-refractivity contribution in [1.29, 1.82) is 0 Å². The van der Waals surface area contributed by atoms with Gasteiger partial charge in [-0.05, 0) is 86.2 Å². The first-order valence-electron chi connectivity index (χ1n) is 11.4. The van der Waals surface area contributed by atoms with Crippen molar-refractivity contribution in [3.05, 3.63) is 123 Å². The highest BCUT2D eigenvalue weighted by atomic mass is 28.3. The summed E-state index contributed by atoms with van der Waals surface area (Å²) in [4.78, 5) is 0. The maximum Gasteiger partial charge on any atom is 0.274 e. The van der Waals surface area contributed by atoms with E-state index in [0.717, 1.165) is 12.2 Å². The van der Waals surface area contributed by atoms with E-state index < -0.39 is 14.5 Å². The van der Waals surface area contributed by atoms with Gasteiger partial charge in [-0.2, -0.15) is 0 Å². The van der Waals surface area contributed by atoms with Crippen LogP contribution in [0.3, 0.4) is 0 Å². The molecule has 0 atom stereocenters. The molecule has 4 rings (SSSR count). The Morgan fingerprint density at radius 2 is 1.25 bits per heavy atom. The smallest absolute Gasteiger partial charge is 0.274 e. The van der Waals surface area contributed by atoms with Crippen LogP contribution in [-0.4, -0.2) is 9.04 Å². The summed E-state index contributed by atoms with van der Waals surface area (Å²) in [6.45, 7) is 13.5. The third-order valence-corrected chi connectivity index (χ3v) is 7.59. The van der Waals surface area contributed by atoms with Gasteiger partial charge in [0, 0.05) is 5.56 Å². The SMILES string of the molecule is Cc1c(C)c(C)c(C(C2=CC=CC2)(c2ccccc2)c2ccccc2)c(O[Si](C)C)c1C. The Balaban J connectivity index is 2.23. The summed E-state index contributed by atoms with van der Waals surface area (Å²) >= 11 is 0. The minimum absolute atomic E-state index is 0.411. The number of allylic oxidation sites excluding steroid dienone is 4. The second-order valence-corrected chi connectivity index (χ2v) is 11.0. The molecule has 0 aliphatic heterocycles. The highest BCUT2D eigenvalue weighted by Gasteiger charge is 2.44. The van der Waals surface area contributed by atoms with E-state index in [9.17, 15) is 0 Å². The second kappa shape index (κ2) is 8.95. The van der Waals surface area contributed by atoms with Crippen molar-refractivity contribution >= 4 is 9.04 Å². The molecule has 1 aliphatic carbocycles. The summed E-state index contributed by atoms with van der Waals surface area (Å²) in [6, 6.07) is 22.0. The lowest BCUT2D eigenvalue weighted by molar-refractivity contribution is 0.545. The maximum absolute atomic E-state index is 6.76. The van der Waals surface area contributed by atoms with Crippen LogP contribution >= 0.6 is 0 Å². The van der Waals surface area contributed by atoms with E-state index in [1.807, 2.05) is 0 Å². The van der Waals surface area contributed by atoms with Crippen molar-refractivity contribution in [2.45, 2.75) is 52.6 Å². The zero-order valence-electron chi connectivity index (χ0n) is 20.1. The fourth-order valence-electron chi connectivity index (χ4n) is 5.15. The number of rotatable bonds is 6. The average molecular weight is 438 g/mol. The van der Waals surface area contributed by atoms with Gasteiger partial charge in [-0.15, -0.1) is 0 Å². The van der Waals surface area contributed by atoms with Gasteiger partial charge in [-0.1, -0.05) is 78.9 Å². The van der Waals surface area contributed by atoms with Crippen LogP contribution in [0.1, 0.15) is 45.4 Å². The van der Waals surface area contributed by atoms with Crippen molar-refractivity contribution in [1.82, 2.24) is 0 Å². The molecule has 3 aromatic rings. The fraction of sp³-hybridized carbons (Fsp3) is 0.267. The molecule has 0 fully saturated rings. The Labute approximate surface area is 195 Å². The largest absolute Gasteiger partial charge is 0.542 e. The summed E-state index contributed by atoms with van der Waals surface area (Å²) in [7, 11) is -0.957. The van der Waals surface area contributed by atoms with Crippen molar-refractivity contribution in [2.75, 3.05) is 0 Å². The van der Waals surface area contributed by atoms with Gasteiger partial charge < -0.3 is 4.43 Å². The van der Waals surface area contributed by atoms with E-state index in [-0.39, 0.29) is 0 Å². The number of benzene rings is 3. The van der Waals surface area contributed by atoms with Gasteiger partial charge in [-0.3, -0.25) is 0 Å². The molecule has 0 spiro atoms. The third kappa shape index (κ3) is 3.57. The van der Waals surface area contributed by atoms with Gasteiger partial charge in [0.25, 0.3) is 9.04 Å². The zero-order valence-corrected chi connectivity index (χ0v) is 21.1. The molecule has 1 aliphatic rings. The van der Waals surface area contributed by atoms with Gasteiger partial charge in [0.2, 0.25) is 0 Å². The Morgan fingerprint density at radius 3 is 1.72 bits per heavy atom. The molecule has 1 radical (unpaired) electrons. The highest BCUT2D eigenvalue weighted by Crippen LogP contribution is 2.53. The summed E-state index contributed by atoms with van der Waals surface area (Å²) in [5, 5.41) is 0. The van der Waals surface area contributed by atoms with Crippen LogP contribution in [0, 0.1) is 27.7 Å². The van der Waals surface area contributed by atoms with Crippen LogP contribution in [-0.2, 0) is 5.41 Å². The normalized spacial score (nSPS) is 13.5. The Morgan fingerprint density at radius 1 is 0.719 bits per heavy atom. The van der Waals surface area contributed by atoms with Crippen LogP contribution in [0.4, 0.5) is 0 Å². The molecular weight excluding hydrogens is 404 g/mol. The summed E-state index contributed by atoms with van der Waals surface area (Å²) in [6.07, 6.45) is 7.73. The van der Waals surface area contributed by atoms with Crippen LogP contribution in [0.2, 0.25) is 13.1 Å². The molecule has 163 valence electrons.